The number of benzene rings is 4. The molecule has 0 aromatic heterocycles. The lowest BCUT2D eigenvalue weighted by Gasteiger charge is -2.59. The van der Waals surface area contributed by atoms with Gasteiger partial charge in [-0.2, -0.15) is 0 Å². The summed E-state index contributed by atoms with van der Waals surface area (Å²) in [5.74, 6) is 3.93. The van der Waals surface area contributed by atoms with Gasteiger partial charge in [-0.05, 0) is 151 Å². The molecule has 4 aliphatic rings. The van der Waals surface area contributed by atoms with Gasteiger partial charge in [-0.15, -0.1) is 0 Å². The molecule has 4 saturated carbocycles. The van der Waals surface area contributed by atoms with Crippen LogP contribution >= 0.6 is 0 Å². The number of rotatable bonds is 10. The number of carbonyl (C=O) groups is 1. The predicted octanol–water partition coefficient (Wildman–Crippen LogP) is 11.1. The van der Waals surface area contributed by atoms with Crippen molar-refractivity contribution >= 4 is 16.9 Å². The van der Waals surface area contributed by atoms with Gasteiger partial charge in [0.15, 0.2) is 21.3 Å². The molecule has 0 aliphatic heterocycles. The third-order valence-corrected chi connectivity index (χ3v) is 14.0. The fourth-order valence-corrected chi connectivity index (χ4v) is 10.9. The molecule has 4 aromatic carbocycles. The minimum Gasteiger partial charge on any atom is -0.489 e. The second-order valence-electron chi connectivity index (χ2n) is 17.5. The lowest BCUT2D eigenvalue weighted by atomic mass is 9.50. The van der Waals surface area contributed by atoms with Crippen molar-refractivity contribution in [1.82, 2.24) is 0 Å². The van der Waals surface area contributed by atoms with Gasteiger partial charge in [-0.3, -0.25) is 0 Å². The van der Waals surface area contributed by atoms with Gasteiger partial charge in [0.25, 0.3) is 0 Å². The summed E-state index contributed by atoms with van der Waals surface area (Å²) in [6, 6.07) is 34.7. The first-order valence-electron chi connectivity index (χ1n) is 18.9. The van der Waals surface area contributed by atoms with Crippen molar-refractivity contribution in [2.24, 2.45) is 23.7 Å². The van der Waals surface area contributed by atoms with E-state index in [4.69, 9.17) is 14.2 Å². The van der Waals surface area contributed by atoms with Crippen LogP contribution in [0.5, 0.6) is 11.5 Å². The fourth-order valence-electron chi connectivity index (χ4n) is 8.81. The van der Waals surface area contributed by atoms with Crippen LogP contribution in [0, 0.1) is 23.7 Å². The Kier molecular flexibility index (Phi) is 9.82. The molecule has 0 unspecified atom stereocenters. The molecule has 5 heteroatoms. The Morgan fingerprint density at radius 3 is 1.47 bits per heavy atom. The molecule has 4 aromatic rings. The van der Waals surface area contributed by atoms with Crippen LogP contribution in [-0.2, 0) is 37.9 Å². The summed E-state index contributed by atoms with van der Waals surface area (Å²) in [7, 11) is -0.250. The monoisotopic (exact) mass is 703 g/mol. The van der Waals surface area contributed by atoms with Crippen LogP contribution in [0.4, 0.5) is 0 Å². The molecule has 0 heterocycles. The maximum atomic E-state index is 12.9. The van der Waals surface area contributed by atoms with Gasteiger partial charge in [0.2, 0.25) is 0 Å². The Morgan fingerprint density at radius 1 is 0.608 bits per heavy atom. The molecule has 0 atom stereocenters. The maximum Gasteiger partial charge on any atom is 0.344 e. The van der Waals surface area contributed by atoms with Gasteiger partial charge >= 0.3 is 5.97 Å². The van der Waals surface area contributed by atoms with Crippen LogP contribution in [0.2, 0.25) is 0 Å². The van der Waals surface area contributed by atoms with Crippen molar-refractivity contribution in [3.8, 4) is 11.5 Å². The van der Waals surface area contributed by atoms with Crippen molar-refractivity contribution < 1.29 is 19.0 Å². The molecule has 0 spiro atoms. The highest BCUT2D eigenvalue weighted by molar-refractivity contribution is 7.97. The van der Waals surface area contributed by atoms with E-state index in [1.807, 2.05) is 24.3 Å². The van der Waals surface area contributed by atoms with E-state index in [-0.39, 0.29) is 39.9 Å². The zero-order chi connectivity index (χ0) is 36.0. The Balaban J connectivity index is 0.963. The average Bonchev–Trinajstić information content (AvgIpc) is 3.09. The second-order valence-corrected chi connectivity index (χ2v) is 19.5. The van der Waals surface area contributed by atoms with E-state index in [1.165, 1.54) is 57.9 Å². The van der Waals surface area contributed by atoms with Gasteiger partial charge in [0, 0.05) is 0 Å². The van der Waals surface area contributed by atoms with E-state index in [1.54, 1.807) is 0 Å². The highest BCUT2D eigenvalue weighted by atomic mass is 32.2. The Morgan fingerprint density at radius 2 is 1.02 bits per heavy atom. The molecule has 0 amide bonds. The molecular formula is C46H55O4S+. The van der Waals surface area contributed by atoms with Crippen LogP contribution in [0.25, 0.3) is 0 Å². The van der Waals surface area contributed by atoms with E-state index in [0.717, 1.165) is 23.1 Å². The zero-order valence-corrected chi connectivity index (χ0v) is 32.4. The summed E-state index contributed by atoms with van der Waals surface area (Å²) < 4.78 is 18.2. The number of hydrogen-bond donors (Lipinski definition) is 0. The van der Waals surface area contributed by atoms with E-state index in [2.05, 4.69) is 121 Å². The van der Waals surface area contributed by atoms with E-state index in [9.17, 15) is 4.79 Å². The lowest BCUT2D eigenvalue weighted by Crippen LogP contribution is -2.58. The van der Waals surface area contributed by atoms with Crippen LogP contribution < -0.4 is 9.47 Å². The number of esters is 1. The standard InChI is InChI=1S/C46H55O4S/c1-44(2,3)34-10-18-40(19-11-34)51(41-20-12-35(13-21-41)45(4,5)6)42-22-16-39(17-23-42)48-29-31-8-14-38(15-9-31)49-30-43(47)50-46(7)36-25-32-24-33(27-36)28-37(46)26-32/h8-23,32-33,36-37H,24-30H2,1-7H3/q+1. The Labute approximate surface area is 308 Å². The number of ether oxygens (including phenoxy) is 3. The number of carbonyl (C=O) groups excluding carboxylic acids is 1. The Hall–Kier alpha value is -3.70. The third kappa shape index (κ3) is 7.89. The van der Waals surface area contributed by atoms with Crippen LogP contribution in [0.15, 0.2) is 112 Å². The van der Waals surface area contributed by atoms with Gasteiger partial charge in [0.1, 0.15) is 23.7 Å². The predicted molar refractivity (Wildman–Crippen MR) is 207 cm³/mol. The quantitative estimate of drug-likeness (QED) is 0.122. The molecular weight excluding hydrogens is 649 g/mol. The van der Waals surface area contributed by atoms with Gasteiger partial charge in [0.05, 0.1) is 10.9 Å². The summed E-state index contributed by atoms with van der Waals surface area (Å²) in [5, 5.41) is 0. The third-order valence-electron chi connectivity index (χ3n) is 11.8. The molecule has 0 N–H and O–H groups in total. The highest BCUT2D eigenvalue weighted by Crippen LogP contribution is 2.59. The van der Waals surface area contributed by atoms with Crippen LogP contribution in [0.1, 0.15) is 97.3 Å². The second kappa shape index (κ2) is 14.0. The summed E-state index contributed by atoms with van der Waals surface area (Å²) in [5.41, 5.74) is 3.60. The lowest BCUT2D eigenvalue weighted by molar-refractivity contribution is -0.204. The summed E-state index contributed by atoms with van der Waals surface area (Å²) in [4.78, 5) is 16.8. The SMILES string of the molecule is CC(C)(C)c1ccc([S+](c2ccc(OCc3ccc(OCC(=O)OC4(C)C5CC6CC(C5)CC4C6)cc3)cc2)c2ccc(C(C)(C)C)cc2)cc1. The normalized spacial score (nSPS) is 24.1. The van der Waals surface area contributed by atoms with Crippen molar-refractivity contribution in [2.45, 2.75) is 118 Å². The summed E-state index contributed by atoms with van der Waals surface area (Å²) in [6.07, 6.45) is 6.24. The molecule has 8 rings (SSSR count). The molecule has 4 bridgehead atoms. The van der Waals surface area contributed by atoms with E-state index in [0.29, 0.717) is 24.2 Å². The molecule has 268 valence electrons. The highest BCUT2D eigenvalue weighted by Gasteiger charge is 2.57. The average molecular weight is 704 g/mol. The first-order chi connectivity index (χ1) is 24.2. The molecule has 4 nitrogen and oxygen atoms in total. The molecule has 4 fully saturated rings. The van der Waals surface area contributed by atoms with Crippen molar-refractivity contribution in [2.75, 3.05) is 6.61 Å². The minimum atomic E-state index is -0.329. The fraction of sp³-hybridized carbons (Fsp3) is 0.457. The van der Waals surface area contributed by atoms with Gasteiger partial charge < -0.3 is 14.2 Å². The first-order valence-corrected chi connectivity index (χ1v) is 20.1. The molecule has 0 saturated heterocycles. The molecule has 51 heavy (non-hydrogen) atoms. The van der Waals surface area contributed by atoms with Gasteiger partial charge in [-0.1, -0.05) is 77.9 Å². The van der Waals surface area contributed by atoms with E-state index < -0.39 is 0 Å². The van der Waals surface area contributed by atoms with Crippen LogP contribution in [0.3, 0.4) is 0 Å². The van der Waals surface area contributed by atoms with E-state index >= 15 is 0 Å². The summed E-state index contributed by atoms with van der Waals surface area (Å²) >= 11 is 0. The smallest absolute Gasteiger partial charge is 0.344 e. The van der Waals surface area contributed by atoms with Crippen molar-refractivity contribution in [3.05, 3.63) is 114 Å². The maximum absolute atomic E-state index is 12.9. The van der Waals surface area contributed by atoms with Gasteiger partial charge in [-0.25, -0.2) is 4.79 Å². The van der Waals surface area contributed by atoms with Crippen LogP contribution in [-0.4, -0.2) is 18.2 Å². The zero-order valence-electron chi connectivity index (χ0n) is 31.5. The summed E-state index contributed by atoms with van der Waals surface area (Å²) in [6.45, 7) is 16.1. The largest absolute Gasteiger partial charge is 0.489 e. The molecule has 0 radical (unpaired) electrons. The topological polar surface area (TPSA) is 44.8 Å². The number of hydrogen-bond acceptors (Lipinski definition) is 4. The minimum absolute atomic E-state index is 0.0623. The van der Waals surface area contributed by atoms with Crippen molar-refractivity contribution in [1.29, 1.82) is 0 Å². The Bertz CT molecular complexity index is 1710. The first kappa shape index (κ1) is 35.7. The van der Waals surface area contributed by atoms with Crippen molar-refractivity contribution in [3.63, 3.8) is 0 Å². The molecule has 4 aliphatic carbocycles.